The Kier molecular flexibility index (Phi) is 4.74. The van der Waals surface area contributed by atoms with Gasteiger partial charge >= 0.3 is 5.97 Å². The van der Waals surface area contributed by atoms with Gasteiger partial charge in [0.1, 0.15) is 5.76 Å². The van der Waals surface area contributed by atoms with E-state index in [1.807, 2.05) is 0 Å². The number of esters is 1. The molecule has 7 heteroatoms. The molecule has 0 aliphatic rings. The molecule has 6 nitrogen and oxygen atoms in total. The van der Waals surface area contributed by atoms with Crippen LogP contribution < -0.4 is 5.32 Å². The fraction of sp³-hybridized carbons (Fsp3) is 0.214. The van der Waals surface area contributed by atoms with E-state index in [0.717, 1.165) is 4.47 Å². The summed E-state index contributed by atoms with van der Waals surface area (Å²) >= 11 is 3.31. The zero-order valence-electron chi connectivity index (χ0n) is 11.4. The number of carbonyl (C=O) groups excluding carboxylic acids is 2. The molecule has 1 heterocycles. The second kappa shape index (κ2) is 6.53. The number of hydrogen-bond donors (Lipinski definition) is 1. The van der Waals surface area contributed by atoms with E-state index in [2.05, 4.69) is 26.4 Å². The Morgan fingerprint density at radius 3 is 2.52 bits per heavy atom. The lowest BCUT2D eigenvalue weighted by Gasteiger charge is -2.16. The Labute approximate surface area is 129 Å². The molecule has 0 spiro atoms. The van der Waals surface area contributed by atoms with Crippen LogP contribution in [0.3, 0.4) is 0 Å². The van der Waals surface area contributed by atoms with Crippen LogP contribution in [0, 0.1) is 6.92 Å². The van der Waals surface area contributed by atoms with Crippen LogP contribution in [0.1, 0.15) is 27.9 Å². The lowest BCUT2D eigenvalue weighted by atomic mass is 10.1. The van der Waals surface area contributed by atoms with E-state index in [1.165, 1.54) is 13.2 Å². The summed E-state index contributed by atoms with van der Waals surface area (Å²) in [6.07, 6.45) is 0. The van der Waals surface area contributed by atoms with E-state index in [4.69, 9.17) is 9.26 Å². The number of aryl methyl sites for hydroxylation is 1. The summed E-state index contributed by atoms with van der Waals surface area (Å²) < 4.78 is 10.4. The third-order valence-corrected chi connectivity index (χ3v) is 3.30. The summed E-state index contributed by atoms with van der Waals surface area (Å²) in [4.78, 5) is 24.0. The Hall–Kier alpha value is -2.15. The number of methoxy groups -OCH3 is 1. The predicted octanol–water partition coefficient (Wildman–Crippen LogP) is 2.39. The van der Waals surface area contributed by atoms with E-state index < -0.39 is 17.9 Å². The molecule has 1 amide bonds. The van der Waals surface area contributed by atoms with Gasteiger partial charge in [0.2, 0.25) is 0 Å². The van der Waals surface area contributed by atoms with Gasteiger partial charge in [0.05, 0.1) is 7.11 Å². The number of benzene rings is 1. The molecular weight excluding hydrogens is 340 g/mol. The highest BCUT2D eigenvalue weighted by molar-refractivity contribution is 9.10. The van der Waals surface area contributed by atoms with Crippen LogP contribution in [0.4, 0.5) is 0 Å². The van der Waals surface area contributed by atoms with Gasteiger partial charge < -0.3 is 14.6 Å². The highest BCUT2D eigenvalue weighted by atomic mass is 79.9. The zero-order chi connectivity index (χ0) is 15.4. The first-order valence-corrected chi connectivity index (χ1v) is 6.88. The number of rotatable bonds is 4. The molecule has 1 atom stereocenters. The summed E-state index contributed by atoms with van der Waals surface area (Å²) in [5.74, 6) is -0.561. The summed E-state index contributed by atoms with van der Waals surface area (Å²) in [6.45, 7) is 1.68. The number of hydrogen-bond acceptors (Lipinski definition) is 5. The molecule has 1 aromatic carbocycles. The van der Waals surface area contributed by atoms with Crippen LogP contribution in [0.2, 0.25) is 0 Å². The molecule has 0 bridgehead atoms. The molecule has 0 aliphatic heterocycles. The summed E-state index contributed by atoms with van der Waals surface area (Å²) in [5, 5.41) is 6.20. The second-order valence-corrected chi connectivity index (χ2v) is 5.22. The van der Waals surface area contributed by atoms with Crippen molar-refractivity contribution in [2.75, 3.05) is 7.11 Å². The van der Waals surface area contributed by atoms with Crippen molar-refractivity contribution < 1.29 is 18.8 Å². The first kappa shape index (κ1) is 15.2. The van der Waals surface area contributed by atoms with Crippen molar-refractivity contribution in [2.45, 2.75) is 13.0 Å². The van der Waals surface area contributed by atoms with Gasteiger partial charge in [-0.05, 0) is 24.6 Å². The maximum absolute atomic E-state index is 12.1. The zero-order valence-corrected chi connectivity index (χ0v) is 13.0. The highest BCUT2D eigenvalue weighted by Crippen LogP contribution is 2.18. The topological polar surface area (TPSA) is 81.4 Å². The average molecular weight is 353 g/mol. The van der Waals surface area contributed by atoms with Crippen molar-refractivity contribution >= 4 is 27.8 Å². The van der Waals surface area contributed by atoms with Gasteiger partial charge in [0, 0.05) is 10.5 Å². The summed E-state index contributed by atoms with van der Waals surface area (Å²) in [5.41, 5.74) is 0.720. The number of aromatic nitrogens is 1. The van der Waals surface area contributed by atoms with Crippen LogP contribution >= 0.6 is 15.9 Å². The molecule has 0 radical (unpaired) electrons. The van der Waals surface area contributed by atoms with Gasteiger partial charge in [0.25, 0.3) is 5.91 Å². The Morgan fingerprint density at radius 1 is 1.33 bits per heavy atom. The van der Waals surface area contributed by atoms with Crippen LogP contribution in [0.25, 0.3) is 0 Å². The van der Waals surface area contributed by atoms with Crippen LogP contribution in [0.5, 0.6) is 0 Å². The van der Waals surface area contributed by atoms with Crippen LogP contribution in [-0.4, -0.2) is 24.1 Å². The molecule has 0 fully saturated rings. The number of nitrogens with zero attached hydrogens (tertiary/aromatic N) is 1. The normalized spacial score (nSPS) is 11.8. The standard InChI is InChI=1S/C14H13BrN2O4/c1-8-7-11(17-21-8)13(18)16-12(14(19)20-2)9-3-5-10(15)6-4-9/h3-7,12H,1-2H3,(H,16,18). The molecule has 1 unspecified atom stereocenters. The molecule has 2 rings (SSSR count). The molecule has 1 aromatic heterocycles. The van der Waals surface area contributed by atoms with E-state index in [9.17, 15) is 9.59 Å². The molecular formula is C14H13BrN2O4. The van der Waals surface area contributed by atoms with Crippen LogP contribution in [-0.2, 0) is 9.53 Å². The van der Waals surface area contributed by atoms with Crippen molar-refractivity contribution in [3.63, 3.8) is 0 Å². The predicted molar refractivity (Wildman–Crippen MR) is 77.6 cm³/mol. The maximum Gasteiger partial charge on any atom is 0.333 e. The molecule has 0 saturated heterocycles. The van der Waals surface area contributed by atoms with E-state index >= 15 is 0 Å². The molecule has 110 valence electrons. The number of ether oxygens (including phenoxy) is 1. The van der Waals surface area contributed by atoms with Gasteiger partial charge in [0.15, 0.2) is 11.7 Å². The van der Waals surface area contributed by atoms with Crippen molar-refractivity contribution in [1.29, 1.82) is 0 Å². The maximum atomic E-state index is 12.1. The molecule has 2 aromatic rings. The summed E-state index contributed by atoms with van der Waals surface area (Å²) in [7, 11) is 1.26. The molecule has 1 N–H and O–H groups in total. The average Bonchev–Trinajstić information content (AvgIpc) is 2.91. The van der Waals surface area contributed by atoms with Crippen molar-refractivity contribution in [2.24, 2.45) is 0 Å². The Balaban J connectivity index is 2.23. The summed E-state index contributed by atoms with van der Waals surface area (Å²) in [6, 6.07) is 7.58. The molecule has 21 heavy (non-hydrogen) atoms. The second-order valence-electron chi connectivity index (χ2n) is 4.30. The largest absolute Gasteiger partial charge is 0.467 e. The minimum Gasteiger partial charge on any atom is -0.467 e. The smallest absolute Gasteiger partial charge is 0.333 e. The highest BCUT2D eigenvalue weighted by Gasteiger charge is 2.25. The van der Waals surface area contributed by atoms with Crippen LogP contribution in [0.15, 0.2) is 39.3 Å². The Bertz CT molecular complexity index is 651. The third-order valence-electron chi connectivity index (χ3n) is 2.78. The van der Waals surface area contributed by atoms with Gasteiger partial charge in [-0.25, -0.2) is 4.79 Å². The third kappa shape index (κ3) is 3.69. The number of carbonyl (C=O) groups is 2. The monoisotopic (exact) mass is 352 g/mol. The van der Waals surface area contributed by atoms with Gasteiger partial charge in [-0.2, -0.15) is 0 Å². The first-order valence-electron chi connectivity index (χ1n) is 6.08. The molecule has 0 aliphatic carbocycles. The van der Waals surface area contributed by atoms with E-state index in [1.54, 1.807) is 31.2 Å². The minimum absolute atomic E-state index is 0.110. The minimum atomic E-state index is -0.910. The van der Waals surface area contributed by atoms with Gasteiger partial charge in [-0.1, -0.05) is 33.2 Å². The molecule has 0 saturated carbocycles. The quantitative estimate of drug-likeness (QED) is 0.854. The van der Waals surface area contributed by atoms with Gasteiger partial charge in [-0.3, -0.25) is 4.79 Å². The van der Waals surface area contributed by atoms with Crippen molar-refractivity contribution in [3.8, 4) is 0 Å². The lowest BCUT2D eigenvalue weighted by molar-refractivity contribution is -0.143. The number of amides is 1. The van der Waals surface area contributed by atoms with Crippen molar-refractivity contribution in [3.05, 3.63) is 51.8 Å². The van der Waals surface area contributed by atoms with E-state index in [-0.39, 0.29) is 5.69 Å². The fourth-order valence-electron chi connectivity index (χ4n) is 1.73. The number of nitrogens with one attached hydrogen (secondary N) is 1. The van der Waals surface area contributed by atoms with Crippen molar-refractivity contribution in [1.82, 2.24) is 10.5 Å². The lowest BCUT2D eigenvalue weighted by Crippen LogP contribution is -2.34. The van der Waals surface area contributed by atoms with Gasteiger partial charge in [-0.15, -0.1) is 0 Å². The SMILES string of the molecule is COC(=O)C(NC(=O)c1cc(C)on1)c1ccc(Br)cc1. The van der Waals surface area contributed by atoms with E-state index in [0.29, 0.717) is 11.3 Å². The fourth-order valence-corrected chi connectivity index (χ4v) is 1.99. The first-order chi connectivity index (χ1) is 10.0. The Morgan fingerprint density at radius 2 is 2.00 bits per heavy atom. The number of halogens is 1.